The van der Waals surface area contributed by atoms with Gasteiger partial charge in [-0.05, 0) is 68.0 Å². The van der Waals surface area contributed by atoms with Crippen LogP contribution in [0.2, 0.25) is 0 Å². The molecule has 6 heteroatoms. The molecule has 0 aliphatic carbocycles. The van der Waals surface area contributed by atoms with Crippen molar-refractivity contribution in [1.82, 2.24) is 15.2 Å². The van der Waals surface area contributed by atoms with Crippen molar-refractivity contribution in [2.24, 2.45) is 0 Å². The van der Waals surface area contributed by atoms with Crippen LogP contribution in [0.25, 0.3) is 11.8 Å². The van der Waals surface area contributed by atoms with Gasteiger partial charge in [-0.2, -0.15) is 0 Å². The van der Waals surface area contributed by atoms with Crippen LogP contribution < -0.4 is 10.6 Å². The maximum Gasteiger partial charge on any atom is 0.273 e. The Morgan fingerprint density at radius 2 is 1.86 bits per heavy atom. The maximum atomic E-state index is 13.1. The molecule has 2 heterocycles. The van der Waals surface area contributed by atoms with Crippen molar-refractivity contribution in [2.75, 3.05) is 0 Å². The predicted octanol–water partition coefficient (Wildman–Crippen LogP) is 2.58. The second kappa shape index (κ2) is 5.38. The molecule has 0 bridgehead atoms. The lowest BCUT2D eigenvalue weighted by molar-refractivity contribution is -0.115. The fraction of sp³-hybridized carbons (Fsp3) is 0.125. The van der Waals surface area contributed by atoms with Crippen LogP contribution in [0.1, 0.15) is 17.0 Å². The number of aryl methyl sites for hydroxylation is 1. The number of carbonyl (C=O) groups is 1. The molecule has 1 aliphatic rings. The molecule has 1 aromatic heterocycles. The number of carbonyl (C=O) groups excluding carboxylic acids is 1. The van der Waals surface area contributed by atoms with Crippen LogP contribution in [0, 0.1) is 19.7 Å². The third kappa shape index (κ3) is 2.53. The second-order valence-electron chi connectivity index (χ2n) is 5.10. The van der Waals surface area contributed by atoms with Gasteiger partial charge < -0.3 is 9.88 Å². The van der Waals surface area contributed by atoms with Gasteiger partial charge in [-0.1, -0.05) is 0 Å². The van der Waals surface area contributed by atoms with E-state index >= 15 is 0 Å². The molecule has 2 aromatic rings. The Kier molecular flexibility index (Phi) is 3.54. The molecular formula is C16H14FN3OS. The van der Waals surface area contributed by atoms with Crippen LogP contribution in [0.15, 0.2) is 36.0 Å². The Morgan fingerprint density at radius 3 is 2.45 bits per heavy atom. The van der Waals surface area contributed by atoms with Gasteiger partial charge in [0, 0.05) is 17.1 Å². The summed E-state index contributed by atoms with van der Waals surface area (Å²) in [7, 11) is 0. The minimum Gasteiger partial charge on any atom is -0.328 e. The summed E-state index contributed by atoms with van der Waals surface area (Å²) in [6.07, 6.45) is 1.76. The van der Waals surface area contributed by atoms with Gasteiger partial charge in [0.1, 0.15) is 11.5 Å². The van der Waals surface area contributed by atoms with Crippen molar-refractivity contribution in [1.29, 1.82) is 0 Å². The molecule has 1 fully saturated rings. The molecule has 1 amide bonds. The summed E-state index contributed by atoms with van der Waals surface area (Å²) in [4.78, 5) is 11.7. The molecule has 2 N–H and O–H groups in total. The fourth-order valence-corrected chi connectivity index (χ4v) is 2.76. The SMILES string of the molecule is Cc1cc(/C=C2\NC(=S)NC2=O)c(C)n1-c1ccc(F)cc1. The third-order valence-corrected chi connectivity index (χ3v) is 3.78. The fourth-order valence-electron chi connectivity index (χ4n) is 2.56. The lowest BCUT2D eigenvalue weighted by Crippen LogP contribution is -2.21. The predicted molar refractivity (Wildman–Crippen MR) is 87.1 cm³/mol. The first-order valence-electron chi connectivity index (χ1n) is 6.74. The molecule has 0 atom stereocenters. The van der Waals surface area contributed by atoms with Gasteiger partial charge in [0.25, 0.3) is 5.91 Å². The molecule has 4 nitrogen and oxygen atoms in total. The monoisotopic (exact) mass is 315 g/mol. The van der Waals surface area contributed by atoms with Crippen LogP contribution >= 0.6 is 12.2 Å². The highest BCUT2D eigenvalue weighted by Crippen LogP contribution is 2.23. The van der Waals surface area contributed by atoms with Crippen molar-refractivity contribution in [3.8, 4) is 5.69 Å². The molecule has 0 spiro atoms. The van der Waals surface area contributed by atoms with E-state index < -0.39 is 0 Å². The standard InChI is InChI=1S/C16H14FN3OS/c1-9-7-11(8-14-15(21)19-16(22)18-14)10(2)20(9)13-5-3-12(17)4-6-13/h3-8H,1-2H3,(H2,18,19,21,22)/b14-8-. The van der Waals surface area contributed by atoms with Crippen LogP contribution in [0.4, 0.5) is 4.39 Å². The Balaban J connectivity index is 2.04. The number of halogens is 1. The van der Waals surface area contributed by atoms with E-state index in [1.807, 2.05) is 24.5 Å². The Bertz CT molecular complexity index is 806. The number of hydrogen-bond acceptors (Lipinski definition) is 2. The molecular weight excluding hydrogens is 301 g/mol. The van der Waals surface area contributed by atoms with Crippen LogP contribution in [-0.4, -0.2) is 15.6 Å². The van der Waals surface area contributed by atoms with Gasteiger partial charge in [0.05, 0.1) is 0 Å². The van der Waals surface area contributed by atoms with Gasteiger partial charge in [-0.25, -0.2) is 4.39 Å². The summed E-state index contributed by atoms with van der Waals surface area (Å²) >= 11 is 4.92. The minimum absolute atomic E-state index is 0.239. The smallest absolute Gasteiger partial charge is 0.273 e. The van der Waals surface area contributed by atoms with E-state index in [1.165, 1.54) is 12.1 Å². The normalized spacial score (nSPS) is 16.0. The first-order valence-corrected chi connectivity index (χ1v) is 7.15. The summed E-state index contributed by atoms with van der Waals surface area (Å²) in [6.45, 7) is 3.92. The number of thiocarbonyl (C=S) groups is 1. The summed E-state index contributed by atoms with van der Waals surface area (Å²) in [5, 5.41) is 5.67. The number of amides is 1. The van der Waals surface area contributed by atoms with E-state index in [0.717, 1.165) is 22.6 Å². The molecule has 112 valence electrons. The molecule has 3 rings (SSSR count). The Morgan fingerprint density at radius 1 is 1.18 bits per heavy atom. The summed E-state index contributed by atoms with van der Waals surface area (Å²) in [5.74, 6) is -0.509. The van der Waals surface area contributed by atoms with Gasteiger partial charge in [0.15, 0.2) is 5.11 Å². The summed E-state index contributed by atoms with van der Waals surface area (Å²) < 4.78 is 15.1. The number of benzene rings is 1. The van der Waals surface area contributed by atoms with Crippen LogP contribution in [0.5, 0.6) is 0 Å². The Hall–Kier alpha value is -2.47. The molecule has 1 aromatic carbocycles. The molecule has 1 aliphatic heterocycles. The average Bonchev–Trinajstić information content (AvgIpc) is 2.92. The first kappa shape index (κ1) is 14.5. The van der Waals surface area contributed by atoms with E-state index in [2.05, 4.69) is 10.6 Å². The average molecular weight is 315 g/mol. The quantitative estimate of drug-likeness (QED) is 0.661. The number of aromatic nitrogens is 1. The van der Waals surface area contributed by atoms with Gasteiger partial charge in [0.2, 0.25) is 0 Å². The van der Waals surface area contributed by atoms with Crippen LogP contribution in [0.3, 0.4) is 0 Å². The highest BCUT2D eigenvalue weighted by Gasteiger charge is 2.21. The second-order valence-corrected chi connectivity index (χ2v) is 5.51. The number of hydrogen-bond donors (Lipinski definition) is 2. The van der Waals surface area contributed by atoms with Crippen molar-refractivity contribution < 1.29 is 9.18 Å². The van der Waals surface area contributed by atoms with Gasteiger partial charge in [-0.15, -0.1) is 0 Å². The minimum atomic E-state index is -0.270. The van der Waals surface area contributed by atoms with Crippen molar-refractivity contribution in [3.05, 3.63) is 58.8 Å². The molecule has 0 radical (unpaired) electrons. The maximum absolute atomic E-state index is 13.1. The van der Waals surface area contributed by atoms with Crippen LogP contribution in [-0.2, 0) is 4.79 Å². The van der Waals surface area contributed by atoms with E-state index in [1.54, 1.807) is 18.2 Å². The molecule has 1 saturated heterocycles. The van der Waals surface area contributed by atoms with E-state index in [0.29, 0.717) is 10.8 Å². The summed E-state index contributed by atoms with van der Waals surface area (Å²) in [6, 6.07) is 8.28. The van der Waals surface area contributed by atoms with Gasteiger partial charge in [-0.3, -0.25) is 10.1 Å². The molecule has 0 unspecified atom stereocenters. The highest BCUT2D eigenvalue weighted by molar-refractivity contribution is 7.80. The van der Waals surface area contributed by atoms with E-state index in [-0.39, 0.29) is 11.7 Å². The zero-order valence-corrected chi connectivity index (χ0v) is 12.9. The number of nitrogens with one attached hydrogen (secondary N) is 2. The van der Waals surface area contributed by atoms with E-state index in [9.17, 15) is 9.18 Å². The highest BCUT2D eigenvalue weighted by atomic mass is 32.1. The zero-order valence-electron chi connectivity index (χ0n) is 12.1. The lowest BCUT2D eigenvalue weighted by atomic mass is 10.2. The van der Waals surface area contributed by atoms with Gasteiger partial charge >= 0.3 is 0 Å². The summed E-state index contributed by atoms with van der Waals surface area (Å²) in [5.41, 5.74) is 4.16. The topological polar surface area (TPSA) is 46.1 Å². The Labute approximate surface area is 132 Å². The molecule has 0 saturated carbocycles. The number of rotatable bonds is 2. The number of nitrogens with zero attached hydrogens (tertiary/aromatic N) is 1. The largest absolute Gasteiger partial charge is 0.328 e. The van der Waals surface area contributed by atoms with Crippen molar-refractivity contribution in [2.45, 2.75) is 13.8 Å². The zero-order chi connectivity index (χ0) is 15.9. The lowest BCUT2D eigenvalue weighted by Gasteiger charge is -2.09. The van der Waals surface area contributed by atoms with Crippen molar-refractivity contribution >= 4 is 29.3 Å². The first-order chi connectivity index (χ1) is 10.5. The molecule has 22 heavy (non-hydrogen) atoms. The van der Waals surface area contributed by atoms with Crippen molar-refractivity contribution in [3.63, 3.8) is 0 Å². The van der Waals surface area contributed by atoms with E-state index in [4.69, 9.17) is 12.2 Å². The third-order valence-electron chi connectivity index (χ3n) is 3.57.